The number of piperazine rings is 1. The lowest BCUT2D eigenvalue weighted by Crippen LogP contribution is -2.46. The molecule has 0 bridgehead atoms. The summed E-state index contributed by atoms with van der Waals surface area (Å²) in [6.45, 7) is 3.73. The Hall–Kier alpha value is -0.840. The second-order valence-electron chi connectivity index (χ2n) is 6.10. The van der Waals surface area contributed by atoms with Crippen LogP contribution in [0.15, 0.2) is 12.1 Å². The van der Waals surface area contributed by atoms with Crippen molar-refractivity contribution < 1.29 is 9.50 Å². The van der Waals surface area contributed by atoms with Crippen LogP contribution in [0.3, 0.4) is 0 Å². The third-order valence-corrected chi connectivity index (χ3v) is 4.99. The van der Waals surface area contributed by atoms with Crippen molar-refractivity contribution in [3.63, 3.8) is 0 Å². The highest BCUT2D eigenvalue weighted by Gasteiger charge is 2.34. The number of nitrogens with zero attached hydrogens (tertiary/aromatic N) is 1. The fraction of sp³-hybridized carbons (Fsp3) is 0.625. The zero-order chi connectivity index (χ0) is 14.8. The van der Waals surface area contributed by atoms with Crippen LogP contribution in [0.5, 0.6) is 5.75 Å². The average molecular weight is 313 g/mol. The smallest absolute Gasteiger partial charge is 0.166 e. The van der Waals surface area contributed by atoms with E-state index in [1.54, 1.807) is 6.07 Å². The van der Waals surface area contributed by atoms with E-state index in [1.807, 2.05) is 0 Å². The van der Waals surface area contributed by atoms with Crippen molar-refractivity contribution in [2.45, 2.75) is 31.7 Å². The maximum atomic E-state index is 13.9. The van der Waals surface area contributed by atoms with Gasteiger partial charge in [-0.25, -0.2) is 4.39 Å². The zero-order valence-corrected chi connectivity index (χ0v) is 12.9. The highest BCUT2D eigenvalue weighted by molar-refractivity contribution is 6.30. The van der Waals surface area contributed by atoms with Gasteiger partial charge in [-0.2, -0.15) is 0 Å². The molecule has 1 aliphatic carbocycles. The fourth-order valence-corrected chi connectivity index (χ4v) is 4.01. The first-order valence-corrected chi connectivity index (χ1v) is 8.17. The van der Waals surface area contributed by atoms with E-state index >= 15 is 0 Å². The highest BCUT2D eigenvalue weighted by Crippen LogP contribution is 2.43. The van der Waals surface area contributed by atoms with Crippen molar-refractivity contribution in [2.24, 2.45) is 5.92 Å². The van der Waals surface area contributed by atoms with E-state index in [2.05, 4.69) is 10.2 Å². The Kier molecular flexibility index (Phi) is 4.67. The number of rotatable bonds is 3. The summed E-state index contributed by atoms with van der Waals surface area (Å²) in [7, 11) is 0. The highest BCUT2D eigenvalue weighted by atomic mass is 35.5. The third kappa shape index (κ3) is 3.17. The number of hydrogen-bond donors (Lipinski definition) is 2. The molecule has 0 amide bonds. The Bertz CT molecular complexity index is 499. The molecule has 21 heavy (non-hydrogen) atoms. The standard InChI is InChI=1S/C16H22ClFN2O/c17-12-9-13(16(21)14(18)10-12)15(11-3-1-2-4-11)20-7-5-19-6-8-20/h9-11,15,19,21H,1-8H2/t15-/m0/s1. The minimum Gasteiger partial charge on any atom is -0.505 e. The molecule has 3 nitrogen and oxygen atoms in total. The Balaban J connectivity index is 1.97. The molecular weight excluding hydrogens is 291 g/mol. The van der Waals surface area contributed by atoms with Gasteiger partial charge in [-0.1, -0.05) is 24.4 Å². The van der Waals surface area contributed by atoms with Crippen molar-refractivity contribution in [1.29, 1.82) is 0 Å². The maximum absolute atomic E-state index is 13.9. The van der Waals surface area contributed by atoms with Crippen LogP contribution < -0.4 is 5.32 Å². The lowest BCUT2D eigenvalue weighted by atomic mass is 9.89. The molecular formula is C16H22ClFN2O. The number of nitrogens with one attached hydrogen (secondary N) is 1. The van der Waals surface area contributed by atoms with Gasteiger partial charge in [0.15, 0.2) is 11.6 Å². The monoisotopic (exact) mass is 312 g/mol. The molecule has 1 aromatic carbocycles. The van der Waals surface area contributed by atoms with Gasteiger partial charge < -0.3 is 10.4 Å². The number of halogens is 2. The maximum Gasteiger partial charge on any atom is 0.166 e. The topological polar surface area (TPSA) is 35.5 Å². The molecule has 1 atom stereocenters. The number of phenolic OH excluding ortho intramolecular Hbond substituents is 1. The van der Waals surface area contributed by atoms with Gasteiger partial charge in [-0.15, -0.1) is 0 Å². The molecule has 0 spiro atoms. The van der Waals surface area contributed by atoms with Crippen LogP contribution in [-0.2, 0) is 0 Å². The molecule has 2 fully saturated rings. The first-order chi connectivity index (χ1) is 10.2. The summed E-state index contributed by atoms with van der Waals surface area (Å²) >= 11 is 6.03. The summed E-state index contributed by atoms with van der Waals surface area (Å²) in [5, 5.41) is 13.9. The van der Waals surface area contributed by atoms with Gasteiger partial charge >= 0.3 is 0 Å². The van der Waals surface area contributed by atoms with Crippen LogP contribution in [0.25, 0.3) is 0 Å². The van der Waals surface area contributed by atoms with E-state index in [-0.39, 0.29) is 11.8 Å². The minimum absolute atomic E-state index is 0.0720. The Morgan fingerprint density at radius 1 is 1.24 bits per heavy atom. The van der Waals surface area contributed by atoms with E-state index in [4.69, 9.17) is 11.6 Å². The number of phenols is 1. The Morgan fingerprint density at radius 2 is 1.90 bits per heavy atom. The van der Waals surface area contributed by atoms with E-state index in [9.17, 15) is 9.50 Å². The molecule has 5 heteroatoms. The first kappa shape index (κ1) is 15.1. The van der Waals surface area contributed by atoms with Crippen molar-refractivity contribution in [1.82, 2.24) is 10.2 Å². The quantitative estimate of drug-likeness (QED) is 0.898. The molecule has 1 saturated heterocycles. The molecule has 0 unspecified atom stereocenters. The average Bonchev–Trinajstić information content (AvgIpc) is 2.99. The number of benzene rings is 1. The molecule has 3 rings (SSSR count). The van der Waals surface area contributed by atoms with Gasteiger partial charge in [0.1, 0.15) is 0 Å². The molecule has 116 valence electrons. The molecule has 1 saturated carbocycles. The summed E-state index contributed by atoms with van der Waals surface area (Å²) in [5.41, 5.74) is 0.661. The van der Waals surface area contributed by atoms with Gasteiger partial charge in [0.2, 0.25) is 0 Å². The summed E-state index contributed by atoms with van der Waals surface area (Å²) < 4.78 is 13.9. The lowest BCUT2D eigenvalue weighted by Gasteiger charge is -2.39. The van der Waals surface area contributed by atoms with Crippen molar-refractivity contribution in [3.8, 4) is 5.75 Å². The predicted molar refractivity (Wildman–Crippen MR) is 82.2 cm³/mol. The van der Waals surface area contributed by atoms with Crippen LogP contribution in [0.1, 0.15) is 37.3 Å². The third-order valence-electron chi connectivity index (χ3n) is 4.77. The van der Waals surface area contributed by atoms with Crippen molar-refractivity contribution in [3.05, 3.63) is 28.5 Å². The van der Waals surface area contributed by atoms with E-state index in [0.29, 0.717) is 16.5 Å². The van der Waals surface area contributed by atoms with E-state index < -0.39 is 5.82 Å². The Labute approximate surface area is 130 Å². The zero-order valence-electron chi connectivity index (χ0n) is 12.1. The molecule has 1 heterocycles. The predicted octanol–water partition coefficient (Wildman–Crippen LogP) is 3.32. The molecule has 0 radical (unpaired) electrons. The summed E-state index contributed by atoms with van der Waals surface area (Å²) in [4.78, 5) is 2.37. The van der Waals surface area contributed by atoms with Crippen LogP contribution in [0.4, 0.5) is 4.39 Å². The molecule has 2 N–H and O–H groups in total. The molecule has 2 aliphatic rings. The van der Waals surface area contributed by atoms with E-state index in [0.717, 1.165) is 39.0 Å². The van der Waals surface area contributed by atoms with Crippen LogP contribution >= 0.6 is 11.6 Å². The molecule has 1 aliphatic heterocycles. The van der Waals surface area contributed by atoms with E-state index in [1.165, 1.54) is 18.9 Å². The SMILES string of the molecule is Oc1c(F)cc(Cl)cc1[C@H](C1CCCC1)N1CCNCC1. The number of aromatic hydroxyl groups is 1. The second-order valence-corrected chi connectivity index (χ2v) is 6.54. The number of hydrogen-bond acceptors (Lipinski definition) is 3. The summed E-state index contributed by atoms with van der Waals surface area (Å²) in [5.74, 6) is -0.364. The molecule has 0 aromatic heterocycles. The summed E-state index contributed by atoms with van der Waals surface area (Å²) in [6, 6.07) is 3.00. The first-order valence-electron chi connectivity index (χ1n) is 7.79. The lowest BCUT2D eigenvalue weighted by molar-refractivity contribution is 0.123. The second kappa shape index (κ2) is 6.51. The van der Waals surface area contributed by atoms with Gasteiger partial charge in [-0.3, -0.25) is 4.90 Å². The molecule has 1 aromatic rings. The fourth-order valence-electron chi connectivity index (χ4n) is 3.79. The van der Waals surface area contributed by atoms with Crippen LogP contribution in [0.2, 0.25) is 5.02 Å². The van der Waals surface area contributed by atoms with Crippen molar-refractivity contribution >= 4 is 11.6 Å². The van der Waals surface area contributed by atoms with Gasteiger partial charge in [0.25, 0.3) is 0 Å². The van der Waals surface area contributed by atoms with Crippen molar-refractivity contribution in [2.75, 3.05) is 26.2 Å². The minimum atomic E-state index is -0.615. The largest absolute Gasteiger partial charge is 0.505 e. The van der Waals surface area contributed by atoms with Crippen LogP contribution in [0, 0.1) is 11.7 Å². The Morgan fingerprint density at radius 3 is 2.57 bits per heavy atom. The van der Waals surface area contributed by atoms with Crippen LogP contribution in [-0.4, -0.2) is 36.2 Å². The van der Waals surface area contributed by atoms with Gasteiger partial charge in [-0.05, 0) is 30.9 Å². The van der Waals surface area contributed by atoms with Gasteiger partial charge in [0.05, 0.1) is 0 Å². The van der Waals surface area contributed by atoms with Gasteiger partial charge in [0, 0.05) is 42.8 Å². The summed E-state index contributed by atoms with van der Waals surface area (Å²) in [6.07, 6.45) is 4.72. The normalized spacial score (nSPS) is 22.6.